The van der Waals surface area contributed by atoms with Gasteiger partial charge in [-0.15, -0.1) is 0 Å². The second-order valence-corrected chi connectivity index (χ2v) is 1.83. The molecule has 58 valence electrons. The largest absolute Gasteiger partial charge is 0.512 e. The van der Waals surface area contributed by atoms with Crippen LogP contribution in [0.15, 0.2) is 11.8 Å². The molecule has 4 N–H and O–H groups in total. The van der Waals surface area contributed by atoms with Gasteiger partial charge in [0.1, 0.15) is 5.84 Å². The van der Waals surface area contributed by atoms with Crippen molar-refractivity contribution in [3.63, 3.8) is 0 Å². The van der Waals surface area contributed by atoms with Crippen molar-refractivity contribution in [1.29, 1.82) is 5.41 Å². The van der Waals surface area contributed by atoms with Crippen molar-refractivity contribution in [3.05, 3.63) is 11.8 Å². The van der Waals surface area contributed by atoms with Gasteiger partial charge in [0.05, 0.1) is 12.4 Å². The topological polar surface area (TPSA) is 79.3 Å². The van der Waals surface area contributed by atoms with Crippen LogP contribution < -0.4 is 5.73 Å². The molecule has 4 nitrogen and oxygen atoms in total. The second kappa shape index (κ2) is 4.81. The molecule has 4 heteroatoms. The highest BCUT2D eigenvalue weighted by atomic mass is 16.5. The van der Waals surface area contributed by atoms with Crippen molar-refractivity contribution in [3.8, 4) is 0 Å². The van der Waals surface area contributed by atoms with Crippen LogP contribution in [0.1, 0.15) is 6.42 Å². The molecule has 0 spiro atoms. The Balaban J connectivity index is 3.60. The molecule has 0 radical (unpaired) electrons. The number of aliphatic hydroxyl groups is 1. The summed E-state index contributed by atoms with van der Waals surface area (Å²) in [4.78, 5) is 0. The van der Waals surface area contributed by atoms with Crippen LogP contribution >= 0.6 is 0 Å². The van der Waals surface area contributed by atoms with Gasteiger partial charge in [0.25, 0.3) is 0 Å². The van der Waals surface area contributed by atoms with E-state index in [4.69, 9.17) is 16.2 Å². The third-order valence-electron chi connectivity index (χ3n) is 0.884. The molecule has 0 fully saturated rings. The Hall–Kier alpha value is -1.03. The van der Waals surface area contributed by atoms with Gasteiger partial charge in [-0.25, -0.2) is 0 Å². The summed E-state index contributed by atoms with van der Waals surface area (Å²) >= 11 is 0. The lowest BCUT2D eigenvalue weighted by molar-refractivity contribution is 0.189. The van der Waals surface area contributed by atoms with E-state index in [1.54, 1.807) is 7.11 Å². The number of hydrogen-bond donors (Lipinski definition) is 3. The average molecular weight is 144 g/mol. The highest BCUT2D eigenvalue weighted by molar-refractivity contribution is 5.88. The monoisotopic (exact) mass is 144 g/mol. The minimum absolute atomic E-state index is 0.0781. The van der Waals surface area contributed by atoms with Gasteiger partial charge in [-0.3, -0.25) is 5.41 Å². The third-order valence-corrected chi connectivity index (χ3v) is 0.884. The van der Waals surface area contributed by atoms with Crippen LogP contribution in [0.3, 0.4) is 0 Å². The van der Waals surface area contributed by atoms with Crippen LogP contribution in [0, 0.1) is 5.41 Å². The summed E-state index contributed by atoms with van der Waals surface area (Å²) < 4.78 is 4.68. The fourth-order valence-electron chi connectivity index (χ4n) is 0.458. The van der Waals surface area contributed by atoms with Gasteiger partial charge in [-0.05, 0) is 0 Å². The lowest BCUT2D eigenvalue weighted by atomic mass is 10.3. The Morgan fingerprint density at radius 3 is 2.80 bits per heavy atom. The molecule has 0 aromatic rings. The Bertz CT molecular complexity index is 143. The smallest absolute Gasteiger partial charge is 0.118 e. The number of nitrogens with one attached hydrogen (secondary N) is 1. The minimum atomic E-state index is -0.145. The van der Waals surface area contributed by atoms with E-state index in [2.05, 4.69) is 4.74 Å². The first-order valence-corrected chi connectivity index (χ1v) is 2.89. The molecule has 0 aromatic heterocycles. The number of rotatable bonds is 4. The zero-order valence-corrected chi connectivity index (χ0v) is 5.92. The number of hydrogen-bond acceptors (Lipinski definition) is 3. The molecule has 0 bridgehead atoms. The number of nitrogens with two attached hydrogens (primary N) is 1. The van der Waals surface area contributed by atoms with Gasteiger partial charge in [0, 0.05) is 19.6 Å². The van der Waals surface area contributed by atoms with E-state index in [9.17, 15) is 0 Å². The lowest BCUT2D eigenvalue weighted by Crippen LogP contribution is -2.06. The Morgan fingerprint density at radius 1 is 1.80 bits per heavy atom. The van der Waals surface area contributed by atoms with Crippen molar-refractivity contribution in [2.24, 2.45) is 5.73 Å². The van der Waals surface area contributed by atoms with Crippen molar-refractivity contribution in [2.75, 3.05) is 13.7 Å². The maximum Gasteiger partial charge on any atom is 0.118 e. The molecule has 0 aliphatic rings. The molecular formula is C6H12N2O2. The highest BCUT2D eigenvalue weighted by Gasteiger charge is 1.92. The van der Waals surface area contributed by atoms with Crippen LogP contribution in [0.2, 0.25) is 0 Å². The fourth-order valence-corrected chi connectivity index (χ4v) is 0.458. The molecule has 0 atom stereocenters. The van der Waals surface area contributed by atoms with Gasteiger partial charge in [0.15, 0.2) is 0 Å². The second-order valence-electron chi connectivity index (χ2n) is 1.83. The van der Waals surface area contributed by atoms with Crippen molar-refractivity contribution >= 4 is 5.84 Å². The van der Waals surface area contributed by atoms with E-state index in [0.717, 1.165) is 0 Å². The van der Waals surface area contributed by atoms with Gasteiger partial charge < -0.3 is 15.6 Å². The van der Waals surface area contributed by atoms with Gasteiger partial charge in [0.2, 0.25) is 0 Å². The van der Waals surface area contributed by atoms with E-state index in [1.807, 2.05) is 0 Å². The molecule has 0 rings (SSSR count). The van der Waals surface area contributed by atoms with Crippen molar-refractivity contribution < 1.29 is 9.84 Å². The number of ether oxygens (including phenoxy) is 1. The summed E-state index contributed by atoms with van der Waals surface area (Å²) in [5.41, 5.74) is 4.97. The fraction of sp³-hybridized carbons (Fsp3) is 0.500. The van der Waals surface area contributed by atoms with Crippen LogP contribution in [0.25, 0.3) is 0 Å². The Labute approximate surface area is 59.8 Å². The number of aliphatic hydroxyl groups excluding tert-OH is 1. The number of amidine groups is 1. The molecule has 10 heavy (non-hydrogen) atoms. The third kappa shape index (κ3) is 5.11. The molecule has 0 aliphatic heterocycles. The van der Waals surface area contributed by atoms with Crippen molar-refractivity contribution in [2.45, 2.75) is 6.42 Å². The first kappa shape index (κ1) is 8.97. The zero-order chi connectivity index (χ0) is 7.98. The van der Waals surface area contributed by atoms with Crippen LogP contribution in [0.4, 0.5) is 0 Å². The molecule has 0 heterocycles. The predicted molar refractivity (Wildman–Crippen MR) is 39.1 cm³/mol. The summed E-state index contributed by atoms with van der Waals surface area (Å²) in [6.07, 6.45) is 1.59. The van der Waals surface area contributed by atoms with Crippen LogP contribution in [-0.4, -0.2) is 24.7 Å². The Kier molecular flexibility index (Phi) is 4.32. The first-order valence-electron chi connectivity index (χ1n) is 2.89. The molecule has 0 saturated heterocycles. The molecule has 0 unspecified atom stereocenters. The Morgan fingerprint density at radius 2 is 2.40 bits per heavy atom. The standard InChI is InChI=1S/C6H12N2O2/c1-10-3-2-5(9)4-6(7)8/h4,9H,2-3H2,1H3,(H3,7,8)/b5-4-. The molecule has 0 aliphatic carbocycles. The van der Waals surface area contributed by atoms with E-state index in [-0.39, 0.29) is 11.6 Å². The highest BCUT2D eigenvalue weighted by Crippen LogP contribution is 1.94. The number of methoxy groups -OCH3 is 1. The van der Waals surface area contributed by atoms with Gasteiger partial charge in [-0.1, -0.05) is 0 Å². The first-order chi connectivity index (χ1) is 4.66. The van der Waals surface area contributed by atoms with E-state index >= 15 is 0 Å². The normalized spacial score (nSPS) is 11.5. The quantitative estimate of drug-likeness (QED) is 0.303. The molecule has 0 amide bonds. The zero-order valence-electron chi connectivity index (χ0n) is 5.92. The SMILES string of the molecule is COCC/C(O)=C/C(=N)N. The summed E-state index contributed by atoms with van der Waals surface area (Å²) in [6.45, 7) is 0.440. The minimum Gasteiger partial charge on any atom is -0.512 e. The maximum atomic E-state index is 8.91. The molecule has 0 aromatic carbocycles. The van der Waals surface area contributed by atoms with E-state index in [0.29, 0.717) is 13.0 Å². The summed E-state index contributed by atoms with van der Waals surface area (Å²) in [7, 11) is 1.54. The van der Waals surface area contributed by atoms with E-state index in [1.165, 1.54) is 6.08 Å². The molecular weight excluding hydrogens is 132 g/mol. The van der Waals surface area contributed by atoms with E-state index < -0.39 is 0 Å². The predicted octanol–water partition coefficient (Wildman–Crippen LogP) is 0.401. The average Bonchev–Trinajstić information content (AvgIpc) is 1.82. The lowest BCUT2D eigenvalue weighted by Gasteiger charge is -1.96. The summed E-state index contributed by atoms with van der Waals surface area (Å²) in [6, 6.07) is 0. The van der Waals surface area contributed by atoms with Crippen LogP contribution in [0.5, 0.6) is 0 Å². The van der Waals surface area contributed by atoms with Gasteiger partial charge in [-0.2, -0.15) is 0 Å². The maximum absolute atomic E-state index is 8.91. The summed E-state index contributed by atoms with van der Waals surface area (Å²) in [5.74, 6) is -0.0667. The van der Waals surface area contributed by atoms with Gasteiger partial charge >= 0.3 is 0 Å². The summed E-state index contributed by atoms with van der Waals surface area (Å²) in [5, 5.41) is 15.7. The van der Waals surface area contributed by atoms with Crippen molar-refractivity contribution in [1.82, 2.24) is 0 Å². The molecule has 0 saturated carbocycles. The van der Waals surface area contributed by atoms with Crippen LogP contribution in [-0.2, 0) is 4.74 Å².